The summed E-state index contributed by atoms with van der Waals surface area (Å²) in [7, 11) is 0. The molecular formula is C16H14N2O2S. The van der Waals surface area contributed by atoms with Crippen molar-refractivity contribution in [2.45, 2.75) is 13.3 Å². The van der Waals surface area contributed by atoms with Crippen LogP contribution in [0.5, 0.6) is 0 Å². The van der Waals surface area contributed by atoms with Crippen LogP contribution in [0.1, 0.15) is 26.6 Å². The average molecular weight is 298 g/mol. The van der Waals surface area contributed by atoms with Crippen molar-refractivity contribution in [2.24, 2.45) is 0 Å². The number of carboxylic acids is 1. The number of aryl methyl sites for hydroxylation is 1. The normalized spacial score (nSPS) is 10.7. The van der Waals surface area contributed by atoms with E-state index in [-0.39, 0.29) is 5.69 Å². The van der Waals surface area contributed by atoms with Gasteiger partial charge in [-0.15, -0.1) is 11.3 Å². The number of carboxylic acid groups (broad SMARTS) is 1. The van der Waals surface area contributed by atoms with Crippen LogP contribution in [0.2, 0.25) is 0 Å². The van der Waals surface area contributed by atoms with Crippen LogP contribution in [0.15, 0.2) is 41.9 Å². The second-order valence-electron chi connectivity index (χ2n) is 4.90. The van der Waals surface area contributed by atoms with Crippen molar-refractivity contribution in [2.75, 3.05) is 0 Å². The van der Waals surface area contributed by atoms with Crippen LogP contribution in [0.4, 0.5) is 0 Å². The molecule has 2 aromatic heterocycles. The average Bonchev–Trinajstić information content (AvgIpc) is 3.10. The number of thiazole rings is 1. The first-order valence-electron chi connectivity index (χ1n) is 6.54. The second kappa shape index (κ2) is 5.54. The lowest BCUT2D eigenvalue weighted by Crippen LogP contribution is -1.94. The lowest BCUT2D eigenvalue weighted by molar-refractivity contribution is 0.0691. The molecule has 3 rings (SSSR count). The molecular weight excluding hydrogens is 284 g/mol. The number of H-pyrrole nitrogens is 1. The summed E-state index contributed by atoms with van der Waals surface area (Å²) in [5, 5.41) is 11.9. The number of hydrogen-bond acceptors (Lipinski definition) is 3. The van der Waals surface area contributed by atoms with Gasteiger partial charge in [-0.3, -0.25) is 0 Å². The van der Waals surface area contributed by atoms with Gasteiger partial charge in [0.2, 0.25) is 0 Å². The smallest absolute Gasteiger partial charge is 0.352 e. The molecule has 0 fully saturated rings. The Morgan fingerprint density at radius 1 is 1.33 bits per heavy atom. The number of benzene rings is 1. The SMILES string of the molecule is Cc1ccc(Cc2nc(-c3c[nH]c(C(=O)O)c3)cs2)cc1. The third-order valence-electron chi connectivity index (χ3n) is 3.24. The Bertz CT molecular complexity index is 772. The van der Waals surface area contributed by atoms with E-state index in [1.54, 1.807) is 23.6 Å². The minimum absolute atomic E-state index is 0.179. The molecule has 3 aromatic rings. The van der Waals surface area contributed by atoms with Gasteiger partial charge in [0, 0.05) is 23.6 Å². The van der Waals surface area contributed by atoms with Gasteiger partial charge in [-0.25, -0.2) is 9.78 Å². The van der Waals surface area contributed by atoms with Gasteiger partial charge >= 0.3 is 5.97 Å². The molecule has 4 nitrogen and oxygen atoms in total. The largest absolute Gasteiger partial charge is 0.477 e. The molecule has 0 radical (unpaired) electrons. The predicted octanol–water partition coefficient (Wildman–Crippen LogP) is 3.74. The molecule has 0 saturated heterocycles. The van der Waals surface area contributed by atoms with E-state index in [1.807, 2.05) is 5.38 Å². The topological polar surface area (TPSA) is 66.0 Å². The molecule has 21 heavy (non-hydrogen) atoms. The fourth-order valence-corrected chi connectivity index (χ4v) is 2.91. The number of nitrogens with zero attached hydrogens (tertiary/aromatic N) is 1. The minimum Gasteiger partial charge on any atom is -0.477 e. The van der Waals surface area contributed by atoms with Crippen LogP contribution in [-0.4, -0.2) is 21.0 Å². The fourth-order valence-electron chi connectivity index (χ4n) is 2.07. The quantitative estimate of drug-likeness (QED) is 0.771. The summed E-state index contributed by atoms with van der Waals surface area (Å²) in [5.41, 5.74) is 4.26. The lowest BCUT2D eigenvalue weighted by atomic mass is 10.1. The van der Waals surface area contributed by atoms with Gasteiger partial charge < -0.3 is 10.1 Å². The van der Waals surface area contributed by atoms with Crippen molar-refractivity contribution in [3.8, 4) is 11.3 Å². The van der Waals surface area contributed by atoms with Gasteiger partial charge in [0.1, 0.15) is 5.69 Å². The van der Waals surface area contributed by atoms with Crippen molar-refractivity contribution in [1.82, 2.24) is 9.97 Å². The molecule has 5 heteroatoms. The molecule has 2 N–H and O–H groups in total. The Morgan fingerprint density at radius 2 is 2.10 bits per heavy atom. The van der Waals surface area contributed by atoms with Crippen LogP contribution in [0.25, 0.3) is 11.3 Å². The van der Waals surface area contributed by atoms with E-state index in [0.29, 0.717) is 0 Å². The van der Waals surface area contributed by atoms with Gasteiger partial charge in [0.05, 0.1) is 10.7 Å². The molecule has 0 bridgehead atoms. The monoisotopic (exact) mass is 298 g/mol. The summed E-state index contributed by atoms with van der Waals surface area (Å²) < 4.78 is 0. The molecule has 0 spiro atoms. The highest BCUT2D eigenvalue weighted by atomic mass is 32.1. The number of rotatable bonds is 4. The highest BCUT2D eigenvalue weighted by molar-refractivity contribution is 7.10. The zero-order valence-electron chi connectivity index (χ0n) is 11.5. The van der Waals surface area contributed by atoms with E-state index in [4.69, 9.17) is 5.11 Å². The zero-order chi connectivity index (χ0) is 14.8. The maximum absolute atomic E-state index is 10.9. The maximum atomic E-state index is 10.9. The molecule has 0 aliphatic carbocycles. The standard InChI is InChI=1S/C16H14N2O2S/c1-10-2-4-11(5-3-10)6-15-18-14(9-21-15)12-7-13(16(19)20)17-8-12/h2-5,7-9,17H,6H2,1H3,(H,19,20). The molecule has 2 heterocycles. The Labute approximate surface area is 126 Å². The van der Waals surface area contributed by atoms with Crippen molar-refractivity contribution < 1.29 is 9.90 Å². The number of nitrogens with one attached hydrogen (secondary N) is 1. The molecule has 106 valence electrons. The summed E-state index contributed by atoms with van der Waals surface area (Å²) >= 11 is 1.59. The fraction of sp³-hybridized carbons (Fsp3) is 0.125. The summed E-state index contributed by atoms with van der Waals surface area (Å²) in [4.78, 5) is 18.2. The zero-order valence-corrected chi connectivity index (χ0v) is 12.3. The van der Waals surface area contributed by atoms with Crippen LogP contribution in [0, 0.1) is 6.92 Å². The first-order chi connectivity index (χ1) is 10.1. The number of aromatic carboxylic acids is 1. The summed E-state index contributed by atoms with van der Waals surface area (Å²) in [6.45, 7) is 2.07. The van der Waals surface area contributed by atoms with E-state index in [2.05, 4.69) is 41.2 Å². The van der Waals surface area contributed by atoms with Gasteiger partial charge in [0.15, 0.2) is 0 Å². The minimum atomic E-state index is -0.962. The Balaban J connectivity index is 1.79. The molecule has 0 amide bonds. The van der Waals surface area contributed by atoms with Crippen LogP contribution in [0.3, 0.4) is 0 Å². The van der Waals surface area contributed by atoms with E-state index >= 15 is 0 Å². The molecule has 0 atom stereocenters. The number of carbonyl (C=O) groups is 1. The van der Waals surface area contributed by atoms with Crippen LogP contribution in [-0.2, 0) is 6.42 Å². The summed E-state index contributed by atoms with van der Waals surface area (Å²) in [6, 6.07) is 10.0. The van der Waals surface area contributed by atoms with Crippen molar-refractivity contribution in [3.05, 3.63) is 63.7 Å². The van der Waals surface area contributed by atoms with Crippen molar-refractivity contribution >= 4 is 17.3 Å². The van der Waals surface area contributed by atoms with E-state index in [9.17, 15) is 4.79 Å². The van der Waals surface area contributed by atoms with Crippen LogP contribution < -0.4 is 0 Å². The molecule has 0 aliphatic heterocycles. The predicted molar refractivity (Wildman–Crippen MR) is 82.8 cm³/mol. The third-order valence-corrected chi connectivity index (χ3v) is 4.09. The maximum Gasteiger partial charge on any atom is 0.352 e. The summed E-state index contributed by atoms with van der Waals surface area (Å²) in [5.74, 6) is -0.962. The Morgan fingerprint density at radius 3 is 2.76 bits per heavy atom. The van der Waals surface area contributed by atoms with Gasteiger partial charge in [0.25, 0.3) is 0 Å². The first kappa shape index (κ1) is 13.6. The van der Waals surface area contributed by atoms with Gasteiger partial charge in [-0.1, -0.05) is 29.8 Å². The van der Waals surface area contributed by atoms with E-state index < -0.39 is 5.97 Å². The second-order valence-corrected chi connectivity index (χ2v) is 5.84. The lowest BCUT2D eigenvalue weighted by Gasteiger charge is -1.98. The Hall–Kier alpha value is -2.40. The highest BCUT2D eigenvalue weighted by Crippen LogP contribution is 2.24. The Kier molecular flexibility index (Phi) is 3.58. The number of aromatic nitrogens is 2. The van der Waals surface area contributed by atoms with Gasteiger partial charge in [-0.2, -0.15) is 0 Å². The summed E-state index contributed by atoms with van der Waals surface area (Å²) in [6.07, 6.45) is 2.47. The van der Waals surface area contributed by atoms with Crippen molar-refractivity contribution in [1.29, 1.82) is 0 Å². The number of aromatic amines is 1. The third kappa shape index (κ3) is 3.03. The van der Waals surface area contributed by atoms with Crippen LogP contribution >= 0.6 is 11.3 Å². The van der Waals surface area contributed by atoms with Gasteiger partial charge in [-0.05, 0) is 18.6 Å². The highest BCUT2D eigenvalue weighted by Gasteiger charge is 2.10. The molecule has 1 aromatic carbocycles. The molecule has 0 saturated carbocycles. The van der Waals surface area contributed by atoms with E-state index in [1.165, 1.54) is 11.1 Å². The van der Waals surface area contributed by atoms with Crippen molar-refractivity contribution in [3.63, 3.8) is 0 Å². The molecule has 0 aliphatic rings. The van der Waals surface area contributed by atoms with E-state index in [0.717, 1.165) is 22.7 Å². The number of hydrogen-bond donors (Lipinski definition) is 2. The first-order valence-corrected chi connectivity index (χ1v) is 7.42. The molecule has 0 unspecified atom stereocenters.